The van der Waals surface area contributed by atoms with E-state index in [9.17, 15) is 9.59 Å². The first-order valence-electron chi connectivity index (χ1n) is 7.32. The molecule has 3 aromatic rings. The Labute approximate surface area is 133 Å². The van der Waals surface area contributed by atoms with E-state index in [1.54, 1.807) is 37.0 Å². The third-order valence-corrected chi connectivity index (χ3v) is 3.70. The van der Waals surface area contributed by atoms with Gasteiger partial charge >= 0.3 is 5.97 Å². The topological polar surface area (TPSA) is 61.2 Å². The minimum atomic E-state index is -0.590. The number of rotatable bonds is 3. The number of benzene rings is 1. The van der Waals surface area contributed by atoms with Crippen LogP contribution < -0.4 is 5.43 Å². The van der Waals surface area contributed by atoms with Crippen molar-refractivity contribution >= 4 is 16.9 Å². The highest BCUT2D eigenvalue weighted by atomic mass is 16.5. The van der Waals surface area contributed by atoms with E-state index < -0.39 is 5.97 Å². The van der Waals surface area contributed by atoms with Crippen LogP contribution in [0.3, 0.4) is 0 Å². The Kier molecular flexibility index (Phi) is 3.93. The first-order valence-corrected chi connectivity index (χ1v) is 7.32. The van der Waals surface area contributed by atoms with Crippen LogP contribution in [0.15, 0.2) is 53.7 Å². The van der Waals surface area contributed by atoms with Crippen LogP contribution >= 0.6 is 0 Å². The van der Waals surface area contributed by atoms with Crippen LogP contribution in [-0.4, -0.2) is 22.1 Å². The van der Waals surface area contributed by atoms with Crippen LogP contribution in [-0.2, 0) is 11.8 Å². The Morgan fingerprint density at radius 1 is 1.17 bits per heavy atom. The van der Waals surface area contributed by atoms with E-state index in [0.29, 0.717) is 5.39 Å². The summed E-state index contributed by atoms with van der Waals surface area (Å²) in [6, 6.07) is 9.36. The van der Waals surface area contributed by atoms with Crippen molar-refractivity contribution < 1.29 is 9.53 Å². The SMILES string of the molecule is CCOC(=O)c1cn(C)c2cc(-c3ccncc3)ccc2c1=O. The molecule has 5 nitrogen and oxygen atoms in total. The Morgan fingerprint density at radius 3 is 2.61 bits per heavy atom. The van der Waals surface area contributed by atoms with Gasteiger partial charge in [0.05, 0.1) is 12.1 Å². The molecule has 1 aromatic carbocycles. The minimum absolute atomic E-state index is 0.0542. The molecule has 0 N–H and O–H groups in total. The van der Waals surface area contributed by atoms with Gasteiger partial charge in [-0.25, -0.2) is 4.79 Å². The molecule has 0 aliphatic heterocycles. The van der Waals surface area contributed by atoms with Crippen LogP contribution in [0, 0.1) is 0 Å². The van der Waals surface area contributed by atoms with Crippen molar-refractivity contribution in [2.45, 2.75) is 6.92 Å². The lowest BCUT2D eigenvalue weighted by molar-refractivity contribution is 0.0524. The first-order chi connectivity index (χ1) is 11.1. The monoisotopic (exact) mass is 308 g/mol. The molecule has 0 aliphatic rings. The van der Waals surface area contributed by atoms with Crippen molar-refractivity contribution in [3.05, 3.63) is 64.7 Å². The summed E-state index contributed by atoms with van der Waals surface area (Å²) < 4.78 is 6.72. The van der Waals surface area contributed by atoms with Gasteiger partial charge in [-0.15, -0.1) is 0 Å². The fourth-order valence-electron chi connectivity index (χ4n) is 2.56. The standard InChI is InChI=1S/C18H16N2O3/c1-3-23-18(22)15-11-20(2)16-10-13(4-5-14(16)17(15)21)12-6-8-19-9-7-12/h4-11H,3H2,1-2H3. The Morgan fingerprint density at radius 2 is 1.91 bits per heavy atom. The van der Waals surface area contributed by atoms with Crippen LogP contribution in [0.25, 0.3) is 22.0 Å². The quantitative estimate of drug-likeness (QED) is 0.698. The lowest BCUT2D eigenvalue weighted by atomic mass is 10.0. The fraction of sp³-hybridized carbons (Fsp3) is 0.167. The predicted octanol–water partition coefficient (Wildman–Crippen LogP) is 2.78. The van der Waals surface area contributed by atoms with Gasteiger partial charge in [-0.1, -0.05) is 6.07 Å². The second-order valence-electron chi connectivity index (χ2n) is 5.17. The van der Waals surface area contributed by atoms with E-state index in [1.807, 2.05) is 24.3 Å². The van der Waals surface area contributed by atoms with Crippen LogP contribution in [0.5, 0.6) is 0 Å². The number of pyridine rings is 2. The van der Waals surface area contributed by atoms with Crippen LogP contribution in [0.4, 0.5) is 0 Å². The van der Waals surface area contributed by atoms with Gasteiger partial charge in [0.25, 0.3) is 0 Å². The van der Waals surface area contributed by atoms with E-state index in [-0.39, 0.29) is 17.6 Å². The molecule has 0 fully saturated rings. The number of carbonyl (C=O) groups is 1. The second kappa shape index (κ2) is 6.04. The molecule has 0 atom stereocenters. The van der Waals surface area contributed by atoms with E-state index in [1.165, 1.54) is 6.20 Å². The normalized spacial score (nSPS) is 10.7. The molecule has 2 aromatic heterocycles. The smallest absolute Gasteiger partial charge is 0.343 e. The van der Waals surface area contributed by atoms with Crippen LogP contribution in [0.1, 0.15) is 17.3 Å². The predicted molar refractivity (Wildman–Crippen MR) is 88.4 cm³/mol. The van der Waals surface area contributed by atoms with Gasteiger partial charge < -0.3 is 9.30 Å². The third kappa shape index (κ3) is 2.73. The van der Waals surface area contributed by atoms with Crippen molar-refractivity contribution in [2.75, 3.05) is 6.61 Å². The molecule has 0 bridgehead atoms. The molecule has 2 heterocycles. The molecule has 23 heavy (non-hydrogen) atoms. The lowest BCUT2D eigenvalue weighted by Gasteiger charge is -2.10. The number of hydrogen-bond donors (Lipinski definition) is 0. The molecule has 0 saturated carbocycles. The van der Waals surface area contributed by atoms with Gasteiger partial charge in [-0.05, 0) is 42.3 Å². The molecule has 116 valence electrons. The van der Waals surface area contributed by atoms with Crippen molar-refractivity contribution in [1.29, 1.82) is 0 Å². The summed E-state index contributed by atoms with van der Waals surface area (Å²) in [5.41, 5.74) is 2.51. The summed E-state index contributed by atoms with van der Waals surface area (Å²) in [5, 5.41) is 0.496. The minimum Gasteiger partial charge on any atom is -0.462 e. The summed E-state index contributed by atoms with van der Waals surface area (Å²) in [6.07, 6.45) is 4.98. The first kappa shape index (κ1) is 15.0. The molecule has 0 amide bonds. The van der Waals surface area contributed by atoms with Gasteiger partial charge in [-0.3, -0.25) is 9.78 Å². The molecule has 0 radical (unpaired) electrons. The maximum absolute atomic E-state index is 12.5. The zero-order valence-corrected chi connectivity index (χ0v) is 12.9. The lowest BCUT2D eigenvalue weighted by Crippen LogP contribution is -2.20. The van der Waals surface area contributed by atoms with Crippen molar-refractivity contribution in [1.82, 2.24) is 9.55 Å². The Bertz CT molecular complexity index is 930. The molecule has 0 saturated heterocycles. The molecular weight excluding hydrogens is 292 g/mol. The van der Waals surface area contributed by atoms with Gasteiger partial charge in [0.15, 0.2) is 0 Å². The number of fused-ring (bicyclic) bond motifs is 1. The highest BCUT2D eigenvalue weighted by Gasteiger charge is 2.15. The third-order valence-electron chi connectivity index (χ3n) is 3.70. The molecular formula is C18H16N2O3. The fourth-order valence-corrected chi connectivity index (χ4v) is 2.56. The number of aromatic nitrogens is 2. The Hall–Kier alpha value is -2.95. The average Bonchev–Trinajstić information content (AvgIpc) is 2.58. The molecule has 0 spiro atoms. The highest BCUT2D eigenvalue weighted by Crippen LogP contribution is 2.22. The van der Waals surface area contributed by atoms with Crippen molar-refractivity contribution in [2.24, 2.45) is 7.05 Å². The molecule has 0 unspecified atom stereocenters. The number of ether oxygens (including phenoxy) is 1. The number of nitrogens with zero attached hydrogens (tertiary/aromatic N) is 2. The maximum Gasteiger partial charge on any atom is 0.343 e. The average molecular weight is 308 g/mol. The summed E-state index contributed by atoms with van der Waals surface area (Å²) in [6.45, 7) is 1.95. The van der Waals surface area contributed by atoms with Gasteiger partial charge in [0.2, 0.25) is 5.43 Å². The molecule has 5 heteroatoms. The molecule has 3 rings (SSSR count). The number of carbonyl (C=O) groups excluding carboxylic acids is 1. The number of esters is 1. The van der Waals surface area contributed by atoms with E-state index in [0.717, 1.165) is 16.6 Å². The Balaban J connectivity index is 2.19. The van der Waals surface area contributed by atoms with Gasteiger partial charge in [-0.2, -0.15) is 0 Å². The largest absolute Gasteiger partial charge is 0.462 e. The highest BCUT2D eigenvalue weighted by molar-refractivity contribution is 5.94. The molecule has 0 aliphatic carbocycles. The van der Waals surface area contributed by atoms with E-state index >= 15 is 0 Å². The van der Waals surface area contributed by atoms with E-state index in [4.69, 9.17) is 4.74 Å². The number of hydrogen-bond acceptors (Lipinski definition) is 4. The second-order valence-corrected chi connectivity index (χ2v) is 5.17. The zero-order valence-electron chi connectivity index (χ0n) is 12.9. The van der Waals surface area contributed by atoms with Crippen LogP contribution in [0.2, 0.25) is 0 Å². The van der Waals surface area contributed by atoms with Gasteiger partial charge in [0, 0.05) is 31.0 Å². The zero-order chi connectivity index (χ0) is 16.4. The summed E-state index contributed by atoms with van der Waals surface area (Å²) >= 11 is 0. The summed E-state index contributed by atoms with van der Waals surface area (Å²) in [5.74, 6) is -0.590. The van der Waals surface area contributed by atoms with E-state index in [2.05, 4.69) is 4.98 Å². The summed E-state index contributed by atoms with van der Waals surface area (Å²) in [4.78, 5) is 28.4. The van der Waals surface area contributed by atoms with Crippen molar-refractivity contribution in [3.63, 3.8) is 0 Å². The van der Waals surface area contributed by atoms with Gasteiger partial charge in [0.1, 0.15) is 5.56 Å². The summed E-state index contributed by atoms with van der Waals surface area (Å²) in [7, 11) is 1.81. The maximum atomic E-state index is 12.5. The number of aryl methyl sites for hydroxylation is 1. The van der Waals surface area contributed by atoms with Crippen molar-refractivity contribution in [3.8, 4) is 11.1 Å².